The van der Waals surface area contributed by atoms with Crippen molar-refractivity contribution in [1.82, 2.24) is 9.97 Å². The Labute approximate surface area is 185 Å². The van der Waals surface area contributed by atoms with Crippen molar-refractivity contribution < 1.29 is 26.6 Å². The van der Waals surface area contributed by atoms with E-state index in [2.05, 4.69) is 24.6 Å². The fourth-order valence-electron chi connectivity index (χ4n) is 2.71. The zero-order valence-corrected chi connectivity index (χ0v) is 19.1. The lowest BCUT2D eigenvalue weighted by atomic mass is 10.1. The van der Waals surface area contributed by atoms with E-state index in [1.807, 2.05) is 31.2 Å². The fraction of sp³-hybridized carbons (Fsp3) is 0.150. The third-order valence-corrected chi connectivity index (χ3v) is 6.95. The first-order valence-corrected chi connectivity index (χ1v) is 12.7. The summed E-state index contributed by atoms with van der Waals surface area (Å²) in [5, 5.41) is 5.45. The van der Waals surface area contributed by atoms with Crippen molar-refractivity contribution in [2.24, 2.45) is 0 Å². The Hall–Kier alpha value is -3.11. The summed E-state index contributed by atoms with van der Waals surface area (Å²) in [5.41, 5.74) is 2.73. The molecule has 2 aromatic carbocycles. The smallest absolute Gasteiger partial charge is 0.339 e. The molecule has 1 amide bonds. The van der Waals surface area contributed by atoms with Crippen molar-refractivity contribution in [3.8, 4) is 11.3 Å². The second-order valence-corrected chi connectivity index (χ2v) is 10.5. The highest BCUT2D eigenvalue weighted by Crippen LogP contribution is 2.40. The van der Waals surface area contributed by atoms with E-state index >= 15 is 0 Å². The van der Waals surface area contributed by atoms with Gasteiger partial charge in [0.2, 0.25) is 0 Å². The number of carbonyl (C=O) groups excluding carboxylic acids is 1. The van der Waals surface area contributed by atoms with Crippen LogP contribution in [0.5, 0.6) is 0 Å². The molecule has 0 aliphatic carbocycles. The first kappa shape index (κ1) is 23.6. The van der Waals surface area contributed by atoms with Crippen molar-refractivity contribution in [1.29, 1.82) is 0 Å². The van der Waals surface area contributed by atoms with Gasteiger partial charge in [0.05, 0.1) is 16.8 Å². The molecule has 0 bridgehead atoms. The van der Waals surface area contributed by atoms with Gasteiger partial charge in [-0.3, -0.25) is 9.36 Å². The molecule has 0 aliphatic rings. The van der Waals surface area contributed by atoms with Crippen LogP contribution in [0.3, 0.4) is 0 Å². The third-order valence-electron chi connectivity index (χ3n) is 4.21. The maximum atomic E-state index is 12.8. The van der Waals surface area contributed by atoms with Crippen LogP contribution in [0.2, 0.25) is 0 Å². The quantitative estimate of drug-likeness (QED) is 0.437. The molecule has 1 unspecified atom stereocenters. The Bertz CT molecular complexity index is 1290. The number of hydrogen-bond acceptors (Lipinski definition) is 8. The maximum absolute atomic E-state index is 12.8. The number of aryl methyl sites for hydroxylation is 1. The summed E-state index contributed by atoms with van der Waals surface area (Å²) < 4.78 is 39.5. The molecular formula is C20H21N4O6PS. The van der Waals surface area contributed by atoms with Gasteiger partial charge in [-0.2, -0.15) is 12.4 Å². The molecule has 10 nitrogen and oxygen atoms in total. The number of anilines is 2. The van der Waals surface area contributed by atoms with Gasteiger partial charge >= 0.3 is 17.7 Å². The Kier molecular flexibility index (Phi) is 6.75. The highest BCUT2D eigenvalue weighted by atomic mass is 32.2. The van der Waals surface area contributed by atoms with Crippen LogP contribution in [-0.2, 0) is 18.7 Å². The topological polar surface area (TPSA) is 148 Å². The Morgan fingerprint density at radius 1 is 1.09 bits per heavy atom. The molecule has 3 aromatic rings. The molecule has 1 aromatic heterocycles. The SMILES string of the molecule is CNc1ncc(-c2ccc(C)cc2)nc1C(=O)Nc1ccc(S(=O)(=O)OP(C)(=O)O)cc1. The van der Waals surface area contributed by atoms with Gasteiger partial charge in [0.15, 0.2) is 11.5 Å². The molecule has 1 atom stereocenters. The molecule has 3 rings (SSSR count). The second kappa shape index (κ2) is 9.17. The number of nitrogens with one attached hydrogen (secondary N) is 2. The highest BCUT2D eigenvalue weighted by Gasteiger charge is 2.25. The molecule has 0 fully saturated rings. The lowest BCUT2D eigenvalue weighted by Crippen LogP contribution is -2.17. The number of carbonyl (C=O) groups is 1. The molecule has 1 heterocycles. The van der Waals surface area contributed by atoms with Crippen LogP contribution in [-0.4, -0.2) is 42.9 Å². The summed E-state index contributed by atoms with van der Waals surface area (Å²) in [7, 11) is -7.06. The average molecular weight is 476 g/mol. The van der Waals surface area contributed by atoms with Gasteiger partial charge in [-0.25, -0.2) is 9.97 Å². The van der Waals surface area contributed by atoms with Crippen molar-refractivity contribution in [3.05, 3.63) is 66.0 Å². The minimum absolute atomic E-state index is 0.0535. The second-order valence-electron chi connectivity index (χ2n) is 6.88. The number of benzene rings is 2. The molecule has 12 heteroatoms. The van der Waals surface area contributed by atoms with Crippen molar-refractivity contribution in [3.63, 3.8) is 0 Å². The summed E-state index contributed by atoms with van der Waals surface area (Å²) in [6, 6.07) is 12.5. The van der Waals surface area contributed by atoms with Gasteiger partial charge in [-0.15, -0.1) is 0 Å². The van der Waals surface area contributed by atoms with Gasteiger partial charge in [0, 0.05) is 25.0 Å². The molecule has 3 N–H and O–H groups in total. The molecule has 32 heavy (non-hydrogen) atoms. The van der Waals surface area contributed by atoms with Crippen LogP contribution in [0.1, 0.15) is 16.1 Å². The minimum atomic E-state index is -4.42. The summed E-state index contributed by atoms with van der Waals surface area (Å²) in [6.07, 6.45) is 1.56. The van der Waals surface area contributed by atoms with E-state index in [4.69, 9.17) is 4.89 Å². The third kappa shape index (κ3) is 5.77. The van der Waals surface area contributed by atoms with Crippen LogP contribution < -0.4 is 10.6 Å². The molecule has 0 saturated carbocycles. The van der Waals surface area contributed by atoms with E-state index in [1.54, 1.807) is 13.2 Å². The molecule has 0 spiro atoms. The number of rotatable bonds is 7. The molecule has 0 saturated heterocycles. The van der Waals surface area contributed by atoms with E-state index in [0.29, 0.717) is 5.69 Å². The predicted molar refractivity (Wildman–Crippen MR) is 120 cm³/mol. The van der Waals surface area contributed by atoms with E-state index in [1.165, 1.54) is 12.1 Å². The molecule has 0 aliphatic heterocycles. The maximum Gasteiger partial charge on any atom is 0.339 e. The van der Waals surface area contributed by atoms with E-state index < -0.39 is 23.6 Å². The molecule has 0 radical (unpaired) electrons. The number of nitrogens with zero attached hydrogens (tertiary/aromatic N) is 2. The van der Waals surface area contributed by atoms with Crippen molar-refractivity contribution >= 4 is 35.1 Å². The van der Waals surface area contributed by atoms with E-state index in [9.17, 15) is 17.8 Å². The Morgan fingerprint density at radius 3 is 2.28 bits per heavy atom. The van der Waals surface area contributed by atoms with Gasteiger partial charge < -0.3 is 15.5 Å². The van der Waals surface area contributed by atoms with Gasteiger partial charge in [-0.05, 0) is 31.2 Å². The lowest BCUT2D eigenvalue weighted by Gasteiger charge is -2.11. The largest absolute Gasteiger partial charge is 0.371 e. The first-order chi connectivity index (χ1) is 15.0. The monoisotopic (exact) mass is 476 g/mol. The Balaban J connectivity index is 1.84. The standard InChI is InChI=1S/C20H21N4O6PS/c1-13-4-6-14(7-5-13)17-12-22-19(21-2)18(24-17)20(25)23-15-8-10-16(11-9-15)32(28,29)30-31(3,26)27/h4-12H,1-3H3,(H,21,22)(H,23,25)(H,26,27). The Morgan fingerprint density at radius 2 is 1.72 bits per heavy atom. The number of aromatic nitrogens is 2. The van der Waals surface area contributed by atoms with Crippen molar-refractivity contribution in [2.45, 2.75) is 11.8 Å². The summed E-state index contributed by atoms with van der Waals surface area (Å²) in [5.74, 6) is -0.288. The zero-order valence-electron chi connectivity index (χ0n) is 17.4. The van der Waals surface area contributed by atoms with Gasteiger partial charge in [-0.1, -0.05) is 29.8 Å². The highest BCUT2D eigenvalue weighted by molar-refractivity contribution is 7.91. The summed E-state index contributed by atoms with van der Waals surface area (Å²) in [6.45, 7) is 2.73. The predicted octanol–water partition coefficient (Wildman–Crippen LogP) is 3.27. The van der Waals surface area contributed by atoms with Crippen LogP contribution >= 0.6 is 7.60 Å². The van der Waals surface area contributed by atoms with Gasteiger partial charge in [0.1, 0.15) is 0 Å². The summed E-state index contributed by atoms with van der Waals surface area (Å²) in [4.78, 5) is 30.3. The number of hydrogen-bond donors (Lipinski definition) is 3. The zero-order chi connectivity index (χ0) is 23.5. The minimum Gasteiger partial charge on any atom is -0.371 e. The van der Waals surface area contributed by atoms with Crippen LogP contribution in [0, 0.1) is 6.92 Å². The first-order valence-electron chi connectivity index (χ1n) is 9.28. The summed E-state index contributed by atoms with van der Waals surface area (Å²) >= 11 is 0. The molecule has 168 valence electrons. The average Bonchev–Trinajstić information content (AvgIpc) is 2.72. The van der Waals surface area contributed by atoms with Crippen LogP contribution in [0.15, 0.2) is 59.6 Å². The fourth-order valence-corrected chi connectivity index (χ4v) is 4.98. The van der Waals surface area contributed by atoms with Crippen molar-refractivity contribution in [2.75, 3.05) is 24.3 Å². The normalized spacial score (nSPS) is 13.2. The lowest BCUT2D eigenvalue weighted by molar-refractivity contribution is 0.102. The van der Waals surface area contributed by atoms with E-state index in [-0.39, 0.29) is 22.1 Å². The number of amides is 1. The van der Waals surface area contributed by atoms with Gasteiger partial charge in [0.25, 0.3) is 5.91 Å². The van der Waals surface area contributed by atoms with Crippen LogP contribution in [0.4, 0.5) is 11.5 Å². The van der Waals surface area contributed by atoms with Crippen LogP contribution in [0.25, 0.3) is 11.3 Å². The molecular weight excluding hydrogens is 455 g/mol. The van der Waals surface area contributed by atoms with E-state index in [0.717, 1.165) is 29.9 Å².